The van der Waals surface area contributed by atoms with E-state index in [0.717, 1.165) is 11.3 Å². The Balaban J connectivity index is 3.08. The van der Waals surface area contributed by atoms with Gasteiger partial charge in [-0.05, 0) is 30.7 Å². The smallest absolute Gasteiger partial charge is 0.173 e. The quantitative estimate of drug-likeness (QED) is 0.602. The first-order chi connectivity index (χ1) is 6.17. The Bertz CT molecular complexity index is 321. The standard InChI is InChI=1S/C10H11BrO2/c1-7-3-8(10(12)6-11)5-9(4-7)13-2/h3-5H,6H2,1-2H3. The summed E-state index contributed by atoms with van der Waals surface area (Å²) in [4.78, 5) is 11.3. The zero-order chi connectivity index (χ0) is 9.84. The van der Waals surface area contributed by atoms with Gasteiger partial charge < -0.3 is 4.74 Å². The van der Waals surface area contributed by atoms with Gasteiger partial charge in [-0.1, -0.05) is 15.9 Å². The second-order valence-corrected chi connectivity index (χ2v) is 3.36. The predicted molar refractivity (Wildman–Crippen MR) is 55.9 cm³/mol. The van der Waals surface area contributed by atoms with Gasteiger partial charge in [0.15, 0.2) is 5.78 Å². The van der Waals surface area contributed by atoms with Gasteiger partial charge in [0.1, 0.15) is 5.75 Å². The fourth-order valence-electron chi connectivity index (χ4n) is 1.10. The summed E-state index contributed by atoms with van der Waals surface area (Å²) in [5.74, 6) is 0.798. The minimum Gasteiger partial charge on any atom is -0.497 e. The number of carbonyl (C=O) groups excluding carboxylic acids is 1. The van der Waals surface area contributed by atoms with E-state index in [-0.39, 0.29) is 5.78 Å². The molecular formula is C10H11BrO2. The van der Waals surface area contributed by atoms with Crippen LogP contribution in [0.4, 0.5) is 0 Å². The summed E-state index contributed by atoms with van der Waals surface area (Å²) >= 11 is 3.13. The summed E-state index contributed by atoms with van der Waals surface area (Å²) < 4.78 is 5.06. The molecule has 0 bridgehead atoms. The van der Waals surface area contributed by atoms with Crippen LogP contribution in [-0.2, 0) is 0 Å². The van der Waals surface area contributed by atoms with Crippen LogP contribution in [0.1, 0.15) is 15.9 Å². The first-order valence-electron chi connectivity index (χ1n) is 3.92. The number of hydrogen-bond donors (Lipinski definition) is 0. The van der Waals surface area contributed by atoms with Crippen LogP contribution in [0.3, 0.4) is 0 Å². The molecule has 0 radical (unpaired) electrons. The van der Waals surface area contributed by atoms with E-state index in [1.54, 1.807) is 13.2 Å². The molecule has 0 saturated carbocycles. The van der Waals surface area contributed by atoms with E-state index in [1.807, 2.05) is 19.1 Å². The van der Waals surface area contributed by atoms with E-state index < -0.39 is 0 Å². The molecule has 0 spiro atoms. The molecule has 2 nitrogen and oxygen atoms in total. The van der Waals surface area contributed by atoms with Crippen LogP contribution < -0.4 is 4.74 Å². The van der Waals surface area contributed by atoms with Gasteiger partial charge in [-0.2, -0.15) is 0 Å². The Morgan fingerprint density at radius 3 is 2.69 bits per heavy atom. The maximum absolute atomic E-state index is 11.3. The first-order valence-corrected chi connectivity index (χ1v) is 5.04. The molecule has 0 heterocycles. The highest BCUT2D eigenvalue weighted by molar-refractivity contribution is 9.09. The second-order valence-electron chi connectivity index (χ2n) is 2.80. The Labute approximate surface area is 86.0 Å². The molecule has 13 heavy (non-hydrogen) atoms. The third-order valence-corrected chi connectivity index (χ3v) is 2.24. The average molecular weight is 243 g/mol. The number of ether oxygens (including phenoxy) is 1. The fourth-order valence-corrected chi connectivity index (χ4v) is 1.43. The number of carbonyl (C=O) groups is 1. The minimum absolute atomic E-state index is 0.0713. The summed E-state index contributed by atoms with van der Waals surface area (Å²) in [7, 11) is 1.59. The van der Waals surface area contributed by atoms with Crippen LogP contribution in [0, 0.1) is 6.92 Å². The van der Waals surface area contributed by atoms with Crippen molar-refractivity contribution < 1.29 is 9.53 Å². The van der Waals surface area contributed by atoms with Gasteiger partial charge >= 0.3 is 0 Å². The molecule has 70 valence electrons. The molecule has 0 aromatic heterocycles. The maximum Gasteiger partial charge on any atom is 0.173 e. The summed E-state index contributed by atoms with van der Waals surface area (Å²) in [6, 6.07) is 5.49. The van der Waals surface area contributed by atoms with Crippen molar-refractivity contribution >= 4 is 21.7 Å². The van der Waals surface area contributed by atoms with Gasteiger partial charge in [0.2, 0.25) is 0 Å². The average Bonchev–Trinajstić information content (AvgIpc) is 2.15. The van der Waals surface area contributed by atoms with Crippen LogP contribution in [0.25, 0.3) is 0 Å². The highest BCUT2D eigenvalue weighted by Gasteiger charge is 2.05. The minimum atomic E-state index is 0.0713. The van der Waals surface area contributed by atoms with Gasteiger partial charge in [-0.25, -0.2) is 0 Å². The molecule has 0 amide bonds. The summed E-state index contributed by atoms with van der Waals surface area (Å²) in [6.07, 6.45) is 0. The monoisotopic (exact) mass is 242 g/mol. The maximum atomic E-state index is 11.3. The zero-order valence-corrected chi connectivity index (χ0v) is 9.22. The number of rotatable bonds is 3. The zero-order valence-electron chi connectivity index (χ0n) is 7.63. The molecule has 0 aliphatic heterocycles. The van der Waals surface area contributed by atoms with E-state index in [9.17, 15) is 4.79 Å². The molecule has 3 heteroatoms. The third-order valence-electron chi connectivity index (χ3n) is 1.73. The van der Waals surface area contributed by atoms with Crippen LogP contribution in [0.2, 0.25) is 0 Å². The van der Waals surface area contributed by atoms with Crippen molar-refractivity contribution in [3.8, 4) is 5.75 Å². The number of hydrogen-bond acceptors (Lipinski definition) is 2. The largest absolute Gasteiger partial charge is 0.497 e. The van der Waals surface area contributed by atoms with Crippen LogP contribution >= 0.6 is 15.9 Å². The van der Waals surface area contributed by atoms with Gasteiger partial charge in [0.25, 0.3) is 0 Å². The molecule has 0 aliphatic rings. The first kappa shape index (κ1) is 10.3. The van der Waals surface area contributed by atoms with Crippen molar-refractivity contribution in [2.24, 2.45) is 0 Å². The van der Waals surface area contributed by atoms with E-state index >= 15 is 0 Å². The lowest BCUT2D eigenvalue weighted by atomic mass is 10.1. The molecule has 0 fully saturated rings. The molecule has 0 aliphatic carbocycles. The molecule has 1 rings (SSSR count). The van der Waals surface area contributed by atoms with E-state index in [4.69, 9.17) is 4.74 Å². The lowest BCUT2D eigenvalue weighted by molar-refractivity contribution is 0.102. The van der Waals surface area contributed by atoms with E-state index in [2.05, 4.69) is 15.9 Å². The Morgan fingerprint density at radius 1 is 1.46 bits per heavy atom. The molecule has 0 saturated heterocycles. The SMILES string of the molecule is COc1cc(C)cc(C(=O)CBr)c1. The third kappa shape index (κ3) is 2.56. The summed E-state index contributed by atoms with van der Waals surface area (Å²) in [5, 5.41) is 0.347. The Kier molecular flexibility index (Phi) is 3.48. The van der Waals surface area contributed by atoms with E-state index in [1.165, 1.54) is 0 Å². The lowest BCUT2D eigenvalue weighted by Gasteiger charge is -2.04. The molecule has 1 aromatic rings. The molecular weight excluding hydrogens is 232 g/mol. The van der Waals surface area contributed by atoms with Crippen LogP contribution in [-0.4, -0.2) is 18.2 Å². The molecule has 0 atom stereocenters. The van der Waals surface area contributed by atoms with Crippen molar-refractivity contribution in [2.45, 2.75) is 6.92 Å². The molecule has 1 aromatic carbocycles. The number of methoxy groups -OCH3 is 1. The van der Waals surface area contributed by atoms with Crippen molar-refractivity contribution in [1.29, 1.82) is 0 Å². The number of halogens is 1. The Hall–Kier alpha value is -0.830. The number of alkyl halides is 1. The number of ketones is 1. The number of Topliss-reactive ketones (excluding diaryl/α,β-unsaturated/α-hetero) is 1. The molecule has 0 unspecified atom stereocenters. The fraction of sp³-hybridized carbons (Fsp3) is 0.300. The van der Waals surface area contributed by atoms with Crippen LogP contribution in [0.5, 0.6) is 5.75 Å². The van der Waals surface area contributed by atoms with Gasteiger partial charge in [0.05, 0.1) is 12.4 Å². The lowest BCUT2D eigenvalue weighted by Crippen LogP contribution is -2.00. The second kappa shape index (κ2) is 4.42. The van der Waals surface area contributed by atoms with Gasteiger partial charge in [0, 0.05) is 5.56 Å². The van der Waals surface area contributed by atoms with E-state index in [0.29, 0.717) is 10.9 Å². The van der Waals surface area contributed by atoms with Gasteiger partial charge in [-0.3, -0.25) is 4.79 Å². The summed E-state index contributed by atoms with van der Waals surface area (Å²) in [5.41, 5.74) is 1.72. The predicted octanol–water partition coefficient (Wildman–Crippen LogP) is 2.58. The van der Waals surface area contributed by atoms with Gasteiger partial charge in [-0.15, -0.1) is 0 Å². The number of aryl methyl sites for hydroxylation is 1. The number of benzene rings is 1. The molecule has 0 N–H and O–H groups in total. The van der Waals surface area contributed by atoms with Crippen molar-refractivity contribution in [3.05, 3.63) is 29.3 Å². The Morgan fingerprint density at radius 2 is 2.15 bits per heavy atom. The highest BCUT2D eigenvalue weighted by Crippen LogP contribution is 2.17. The van der Waals surface area contributed by atoms with Crippen molar-refractivity contribution in [2.75, 3.05) is 12.4 Å². The normalized spacial score (nSPS) is 9.77. The summed E-state index contributed by atoms with van der Waals surface area (Å²) in [6.45, 7) is 1.94. The highest BCUT2D eigenvalue weighted by atomic mass is 79.9. The topological polar surface area (TPSA) is 26.3 Å². The van der Waals surface area contributed by atoms with Crippen molar-refractivity contribution in [1.82, 2.24) is 0 Å². The van der Waals surface area contributed by atoms with Crippen molar-refractivity contribution in [3.63, 3.8) is 0 Å². The van der Waals surface area contributed by atoms with Crippen LogP contribution in [0.15, 0.2) is 18.2 Å².